The maximum atomic E-state index is 10.3. The van der Waals surface area contributed by atoms with E-state index in [1.54, 1.807) is 6.07 Å². The number of aryl methyl sites for hydroxylation is 2. The predicted molar refractivity (Wildman–Crippen MR) is 128 cm³/mol. The smallest absolute Gasteiger partial charge is 0.118 e. The first-order valence-corrected chi connectivity index (χ1v) is 11.0. The summed E-state index contributed by atoms with van der Waals surface area (Å²) in [5.41, 5.74) is 11.8. The van der Waals surface area contributed by atoms with Crippen molar-refractivity contribution in [1.29, 1.82) is 0 Å². The van der Waals surface area contributed by atoms with Crippen LogP contribution in [-0.4, -0.2) is 10.2 Å². The lowest BCUT2D eigenvalue weighted by molar-refractivity contribution is 0.468. The zero-order valence-corrected chi connectivity index (χ0v) is 17.9. The Morgan fingerprint density at radius 3 is 1.97 bits per heavy atom. The fraction of sp³-hybridized carbons (Fsp3) is 0.172. The molecule has 0 unspecified atom stereocenters. The second kappa shape index (κ2) is 7.63. The first kappa shape index (κ1) is 19.4. The molecule has 0 atom stereocenters. The van der Waals surface area contributed by atoms with Crippen molar-refractivity contribution in [2.75, 3.05) is 0 Å². The zero-order valence-electron chi connectivity index (χ0n) is 17.9. The van der Waals surface area contributed by atoms with Crippen molar-refractivity contribution in [2.24, 2.45) is 0 Å². The molecule has 0 bridgehead atoms. The Morgan fingerprint density at radius 2 is 1.26 bits per heavy atom. The van der Waals surface area contributed by atoms with Gasteiger partial charge in [-0.1, -0.05) is 62.4 Å². The molecule has 4 aromatic carbocycles. The van der Waals surface area contributed by atoms with Crippen LogP contribution < -0.4 is 0 Å². The fourth-order valence-corrected chi connectivity index (χ4v) is 4.84. The van der Waals surface area contributed by atoms with Crippen LogP contribution in [0.3, 0.4) is 0 Å². The molecule has 0 spiro atoms. The highest BCUT2D eigenvalue weighted by atomic mass is 16.3. The molecule has 2 heteroatoms. The SMILES string of the molecule is CCc1cc(-c2ccc3c(c2-c2ccc(O)c(CC)c2)Cc2ccccc2-3)ccc1O. The monoisotopic (exact) mass is 406 g/mol. The van der Waals surface area contributed by atoms with Crippen molar-refractivity contribution in [3.05, 3.63) is 95.1 Å². The maximum absolute atomic E-state index is 10.3. The number of aromatic hydroxyl groups is 2. The van der Waals surface area contributed by atoms with Gasteiger partial charge in [0.2, 0.25) is 0 Å². The summed E-state index contributed by atoms with van der Waals surface area (Å²) in [7, 11) is 0. The van der Waals surface area contributed by atoms with Crippen molar-refractivity contribution in [3.63, 3.8) is 0 Å². The second-order valence-electron chi connectivity index (χ2n) is 8.24. The Kier molecular flexibility index (Phi) is 4.78. The van der Waals surface area contributed by atoms with E-state index in [0.717, 1.165) is 47.1 Å². The Bertz CT molecular complexity index is 1300. The molecule has 154 valence electrons. The number of fused-ring (bicyclic) bond motifs is 3. The van der Waals surface area contributed by atoms with Crippen LogP contribution in [0.2, 0.25) is 0 Å². The first-order chi connectivity index (χ1) is 15.1. The van der Waals surface area contributed by atoms with Gasteiger partial charge in [-0.3, -0.25) is 0 Å². The molecule has 2 N–H and O–H groups in total. The minimum Gasteiger partial charge on any atom is -0.508 e. The summed E-state index contributed by atoms with van der Waals surface area (Å²) < 4.78 is 0. The average molecular weight is 407 g/mol. The summed E-state index contributed by atoms with van der Waals surface area (Å²) in [6, 6.07) is 24.9. The summed E-state index contributed by atoms with van der Waals surface area (Å²) in [5.74, 6) is 0.695. The van der Waals surface area contributed by atoms with Gasteiger partial charge in [0.05, 0.1) is 0 Å². The normalized spacial score (nSPS) is 11.9. The maximum Gasteiger partial charge on any atom is 0.118 e. The number of hydrogen-bond donors (Lipinski definition) is 2. The number of rotatable bonds is 4. The van der Waals surface area contributed by atoms with Crippen molar-refractivity contribution in [3.8, 4) is 44.9 Å². The minimum atomic E-state index is 0.347. The number of phenols is 2. The highest BCUT2D eigenvalue weighted by Crippen LogP contribution is 2.46. The van der Waals surface area contributed by atoms with Crippen LogP contribution in [0.4, 0.5) is 0 Å². The number of phenolic OH excluding ortho intramolecular Hbond substituents is 2. The van der Waals surface area contributed by atoms with Gasteiger partial charge in [0.1, 0.15) is 11.5 Å². The molecule has 2 nitrogen and oxygen atoms in total. The Hall–Kier alpha value is -3.52. The fourth-order valence-electron chi connectivity index (χ4n) is 4.84. The lowest BCUT2D eigenvalue weighted by Gasteiger charge is -2.18. The van der Waals surface area contributed by atoms with Crippen LogP contribution in [0, 0.1) is 0 Å². The summed E-state index contributed by atoms with van der Waals surface area (Å²) >= 11 is 0. The Morgan fingerprint density at radius 1 is 0.645 bits per heavy atom. The van der Waals surface area contributed by atoms with E-state index in [1.165, 1.54) is 27.8 Å². The molecule has 0 amide bonds. The van der Waals surface area contributed by atoms with Crippen LogP contribution in [0.5, 0.6) is 11.5 Å². The second-order valence-corrected chi connectivity index (χ2v) is 8.24. The third-order valence-electron chi connectivity index (χ3n) is 6.51. The highest BCUT2D eigenvalue weighted by Gasteiger charge is 2.24. The van der Waals surface area contributed by atoms with E-state index in [9.17, 15) is 10.2 Å². The van der Waals surface area contributed by atoms with Gasteiger partial charge >= 0.3 is 0 Å². The molecule has 0 heterocycles. The molecule has 5 rings (SSSR count). The third-order valence-corrected chi connectivity index (χ3v) is 6.51. The van der Waals surface area contributed by atoms with Gasteiger partial charge in [0.15, 0.2) is 0 Å². The van der Waals surface area contributed by atoms with Crippen LogP contribution in [0.15, 0.2) is 72.8 Å². The first-order valence-electron chi connectivity index (χ1n) is 11.0. The topological polar surface area (TPSA) is 40.5 Å². The molecule has 4 aromatic rings. The van der Waals surface area contributed by atoms with Gasteiger partial charge in [-0.05, 0) is 99.2 Å². The van der Waals surface area contributed by atoms with Gasteiger partial charge in [0.25, 0.3) is 0 Å². The van der Waals surface area contributed by atoms with E-state index in [4.69, 9.17) is 0 Å². The molecular formula is C29H26O2. The van der Waals surface area contributed by atoms with Crippen LogP contribution in [0.25, 0.3) is 33.4 Å². The molecule has 1 aliphatic carbocycles. The van der Waals surface area contributed by atoms with E-state index in [-0.39, 0.29) is 0 Å². The van der Waals surface area contributed by atoms with Crippen molar-refractivity contribution >= 4 is 0 Å². The quantitative estimate of drug-likeness (QED) is 0.333. The van der Waals surface area contributed by atoms with E-state index in [0.29, 0.717) is 11.5 Å². The van der Waals surface area contributed by atoms with E-state index >= 15 is 0 Å². The molecule has 0 aromatic heterocycles. The lowest BCUT2D eigenvalue weighted by Crippen LogP contribution is -1.95. The average Bonchev–Trinajstić information content (AvgIpc) is 3.18. The van der Waals surface area contributed by atoms with Crippen LogP contribution >= 0.6 is 0 Å². The summed E-state index contributed by atoms with van der Waals surface area (Å²) in [4.78, 5) is 0. The standard InChI is InChI=1S/C29H26O2/c1-3-18-15-21(9-13-27(18)30)24-11-12-25-23-8-6-5-7-20(23)17-26(25)29(24)22-10-14-28(31)19(4-2)16-22/h5-16,30-31H,3-4,17H2,1-2H3. The highest BCUT2D eigenvalue weighted by molar-refractivity contribution is 5.94. The zero-order chi connectivity index (χ0) is 21.5. The van der Waals surface area contributed by atoms with Gasteiger partial charge in [-0.15, -0.1) is 0 Å². The van der Waals surface area contributed by atoms with Crippen LogP contribution in [0.1, 0.15) is 36.1 Å². The summed E-state index contributed by atoms with van der Waals surface area (Å²) in [6.45, 7) is 4.13. The molecule has 0 fully saturated rings. The summed E-state index contributed by atoms with van der Waals surface area (Å²) in [6.07, 6.45) is 2.46. The predicted octanol–water partition coefficient (Wildman–Crippen LogP) is 7.13. The third kappa shape index (κ3) is 3.19. The molecule has 0 saturated carbocycles. The lowest BCUT2D eigenvalue weighted by atomic mass is 9.86. The summed E-state index contributed by atoms with van der Waals surface area (Å²) in [5, 5.41) is 20.5. The molecule has 1 aliphatic rings. The van der Waals surface area contributed by atoms with Gasteiger partial charge in [-0.25, -0.2) is 0 Å². The van der Waals surface area contributed by atoms with Gasteiger partial charge < -0.3 is 10.2 Å². The molecule has 31 heavy (non-hydrogen) atoms. The van der Waals surface area contributed by atoms with Gasteiger partial charge in [0, 0.05) is 0 Å². The Labute approximate surface area is 183 Å². The number of benzene rings is 4. The van der Waals surface area contributed by atoms with E-state index in [2.05, 4.69) is 62.4 Å². The molecule has 0 radical (unpaired) electrons. The van der Waals surface area contributed by atoms with Gasteiger partial charge in [-0.2, -0.15) is 0 Å². The van der Waals surface area contributed by atoms with E-state index < -0.39 is 0 Å². The molecule has 0 aliphatic heterocycles. The molecule has 0 saturated heterocycles. The molecular weight excluding hydrogens is 380 g/mol. The minimum absolute atomic E-state index is 0.347. The number of hydrogen-bond acceptors (Lipinski definition) is 2. The van der Waals surface area contributed by atoms with E-state index in [1.807, 2.05) is 18.2 Å². The van der Waals surface area contributed by atoms with Crippen molar-refractivity contribution in [1.82, 2.24) is 0 Å². The largest absolute Gasteiger partial charge is 0.508 e. The van der Waals surface area contributed by atoms with Crippen molar-refractivity contribution in [2.45, 2.75) is 33.1 Å². The Balaban J connectivity index is 1.80. The van der Waals surface area contributed by atoms with Crippen LogP contribution in [-0.2, 0) is 19.3 Å². The van der Waals surface area contributed by atoms with Crippen molar-refractivity contribution < 1.29 is 10.2 Å².